The van der Waals surface area contributed by atoms with Gasteiger partial charge in [-0.3, -0.25) is 13.9 Å². The van der Waals surface area contributed by atoms with Crippen LogP contribution in [0.1, 0.15) is 50.2 Å². The number of sulfonamides is 1. The van der Waals surface area contributed by atoms with Crippen LogP contribution >= 0.6 is 23.2 Å². The lowest BCUT2D eigenvalue weighted by Gasteiger charge is -2.34. The first-order chi connectivity index (χ1) is 19.6. The Labute approximate surface area is 252 Å². The van der Waals surface area contributed by atoms with Gasteiger partial charge in [-0.2, -0.15) is 0 Å². The van der Waals surface area contributed by atoms with E-state index in [1.54, 1.807) is 30.3 Å². The third kappa shape index (κ3) is 7.42. The van der Waals surface area contributed by atoms with E-state index in [4.69, 9.17) is 23.2 Å². The van der Waals surface area contributed by atoms with Gasteiger partial charge in [0.1, 0.15) is 12.6 Å². The number of amides is 2. The summed E-state index contributed by atoms with van der Waals surface area (Å²) in [7, 11) is -4.23. The van der Waals surface area contributed by atoms with Gasteiger partial charge in [0.15, 0.2) is 0 Å². The molecular formula is C31H35Cl2N3O4S. The third-order valence-electron chi connectivity index (χ3n) is 7.37. The maximum atomic E-state index is 14.2. The van der Waals surface area contributed by atoms with Gasteiger partial charge >= 0.3 is 0 Å². The fourth-order valence-electron chi connectivity index (χ4n) is 5.10. The quantitative estimate of drug-likeness (QED) is 0.272. The van der Waals surface area contributed by atoms with Gasteiger partial charge < -0.3 is 10.2 Å². The second-order valence-corrected chi connectivity index (χ2v) is 13.0. The first-order valence-electron chi connectivity index (χ1n) is 13.8. The molecule has 0 saturated heterocycles. The van der Waals surface area contributed by atoms with E-state index in [0.29, 0.717) is 6.42 Å². The Kier molecular flexibility index (Phi) is 10.3. The summed E-state index contributed by atoms with van der Waals surface area (Å²) in [4.78, 5) is 29.2. The van der Waals surface area contributed by atoms with Gasteiger partial charge in [-0.25, -0.2) is 8.42 Å². The van der Waals surface area contributed by atoms with Crippen molar-refractivity contribution in [3.8, 4) is 0 Å². The Morgan fingerprint density at radius 2 is 1.61 bits per heavy atom. The van der Waals surface area contributed by atoms with Gasteiger partial charge in [0, 0.05) is 12.6 Å². The molecule has 41 heavy (non-hydrogen) atoms. The molecule has 0 radical (unpaired) electrons. The molecule has 1 aliphatic carbocycles. The lowest BCUT2D eigenvalue weighted by molar-refractivity contribution is -0.140. The van der Waals surface area contributed by atoms with E-state index >= 15 is 0 Å². The predicted octanol–water partition coefficient (Wildman–Crippen LogP) is 6.36. The maximum Gasteiger partial charge on any atom is 0.264 e. The number of benzene rings is 3. The number of halogens is 2. The first kappa shape index (κ1) is 30.9. The lowest BCUT2D eigenvalue weighted by Crippen LogP contribution is -2.53. The molecule has 1 unspecified atom stereocenters. The summed E-state index contributed by atoms with van der Waals surface area (Å²) in [5.41, 5.74) is 1.97. The fourth-order valence-corrected chi connectivity index (χ4v) is 6.99. The van der Waals surface area contributed by atoms with Crippen LogP contribution in [-0.4, -0.2) is 43.8 Å². The Balaban J connectivity index is 1.73. The molecule has 10 heteroatoms. The highest BCUT2D eigenvalue weighted by atomic mass is 35.5. The zero-order valence-electron chi connectivity index (χ0n) is 23.2. The number of nitrogens with zero attached hydrogens (tertiary/aromatic N) is 2. The number of nitrogens with one attached hydrogen (secondary N) is 1. The Bertz CT molecular complexity index is 1460. The SMILES string of the molecule is CCC(C(=O)NC1CCCC1)N(Cc1ccc(C)cc1)C(=O)CN(c1cccc(Cl)c1Cl)S(=O)(=O)c1ccccc1. The number of hydrogen-bond donors (Lipinski definition) is 1. The van der Waals surface area contributed by atoms with Crippen LogP contribution < -0.4 is 9.62 Å². The van der Waals surface area contributed by atoms with E-state index in [-0.39, 0.29) is 39.1 Å². The van der Waals surface area contributed by atoms with E-state index < -0.39 is 28.5 Å². The Morgan fingerprint density at radius 1 is 0.951 bits per heavy atom. The number of aryl methyl sites for hydroxylation is 1. The summed E-state index contributed by atoms with van der Waals surface area (Å²) in [5, 5.41) is 3.28. The molecule has 1 N–H and O–H groups in total. The lowest BCUT2D eigenvalue weighted by atomic mass is 10.1. The average molecular weight is 617 g/mol. The van der Waals surface area contributed by atoms with Gasteiger partial charge in [0.2, 0.25) is 11.8 Å². The highest BCUT2D eigenvalue weighted by Gasteiger charge is 2.35. The van der Waals surface area contributed by atoms with Crippen LogP contribution in [0.25, 0.3) is 0 Å². The smallest absolute Gasteiger partial charge is 0.264 e. The van der Waals surface area contributed by atoms with Crippen molar-refractivity contribution in [1.29, 1.82) is 0 Å². The molecule has 3 aromatic carbocycles. The minimum atomic E-state index is -4.23. The summed E-state index contributed by atoms with van der Waals surface area (Å²) >= 11 is 12.8. The van der Waals surface area contributed by atoms with E-state index in [1.165, 1.54) is 23.1 Å². The summed E-state index contributed by atoms with van der Waals surface area (Å²) in [6.45, 7) is 3.38. The minimum absolute atomic E-state index is 0.0000512. The zero-order chi connectivity index (χ0) is 29.6. The van der Waals surface area contributed by atoms with Gasteiger partial charge in [-0.1, -0.05) is 97.1 Å². The Morgan fingerprint density at radius 3 is 2.24 bits per heavy atom. The molecule has 0 spiro atoms. The van der Waals surface area contributed by atoms with Gasteiger partial charge in [-0.05, 0) is 56.0 Å². The number of carbonyl (C=O) groups is 2. The van der Waals surface area contributed by atoms with Crippen molar-refractivity contribution >= 4 is 50.7 Å². The monoisotopic (exact) mass is 615 g/mol. The highest BCUT2D eigenvalue weighted by molar-refractivity contribution is 7.92. The molecule has 4 rings (SSSR count). The molecule has 1 saturated carbocycles. The van der Waals surface area contributed by atoms with Crippen LogP contribution in [0, 0.1) is 6.92 Å². The van der Waals surface area contributed by atoms with Gasteiger partial charge in [0.05, 0.1) is 20.6 Å². The number of anilines is 1. The van der Waals surface area contributed by atoms with Crippen LogP contribution in [0.5, 0.6) is 0 Å². The summed E-state index contributed by atoms with van der Waals surface area (Å²) in [6.07, 6.45) is 4.29. The Hall–Kier alpha value is -3.07. The second kappa shape index (κ2) is 13.7. The van der Waals surface area contributed by atoms with Gasteiger partial charge in [-0.15, -0.1) is 0 Å². The number of rotatable bonds is 11. The van der Waals surface area contributed by atoms with Crippen molar-refractivity contribution in [2.75, 3.05) is 10.8 Å². The zero-order valence-corrected chi connectivity index (χ0v) is 25.6. The van der Waals surface area contributed by atoms with Crippen LogP contribution in [-0.2, 0) is 26.2 Å². The van der Waals surface area contributed by atoms with Crippen molar-refractivity contribution in [2.24, 2.45) is 0 Å². The minimum Gasteiger partial charge on any atom is -0.352 e. The van der Waals surface area contributed by atoms with E-state index in [0.717, 1.165) is 41.1 Å². The van der Waals surface area contributed by atoms with Crippen molar-refractivity contribution in [3.05, 3.63) is 94.0 Å². The van der Waals surface area contributed by atoms with Crippen LogP contribution in [0.15, 0.2) is 77.7 Å². The molecule has 3 aromatic rings. The molecular weight excluding hydrogens is 581 g/mol. The molecule has 2 amide bonds. The van der Waals surface area contributed by atoms with Crippen molar-refractivity contribution in [3.63, 3.8) is 0 Å². The van der Waals surface area contributed by atoms with E-state index in [2.05, 4.69) is 5.32 Å². The largest absolute Gasteiger partial charge is 0.352 e. The maximum absolute atomic E-state index is 14.2. The topological polar surface area (TPSA) is 86.8 Å². The van der Waals surface area contributed by atoms with Crippen molar-refractivity contribution in [2.45, 2.75) is 69.5 Å². The second-order valence-electron chi connectivity index (χ2n) is 10.3. The van der Waals surface area contributed by atoms with E-state index in [9.17, 15) is 18.0 Å². The molecule has 0 aromatic heterocycles. The highest BCUT2D eigenvalue weighted by Crippen LogP contribution is 2.35. The summed E-state index contributed by atoms with van der Waals surface area (Å²) in [6, 6.07) is 19.5. The normalized spacial score (nSPS) is 14.4. The molecule has 1 fully saturated rings. The summed E-state index contributed by atoms with van der Waals surface area (Å²) < 4.78 is 28.8. The molecule has 7 nitrogen and oxygen atoms in total. The fraction of sp³-hybridized carbons (Fsp3) is 0.355. The van der Waals surface area contributed by atoms with Crippen LogP contribution in [0.4, 0.5) is 5.69 Å². The van der Waals surface area contributed by atoms with Crippen LogP contribution in [0.2, 0.25) is 10.0 Å². The number of carbonyl (C=O) groups excluding carboxylic acids is 2. The molecule has 1 aliphatic rings. The molecule has 0 heterocycles. The molecule has 0 bridgehead atoms. The van der Waals surface area contributed by atoms with Gasteiger partial charge in [0.25, 0.3) is 10.0 Å². The van der Waals surface area contributed by atoms with Crippen LogP contribution in [0.3, 0.4) is 0 Å². The number of hydrogen-bond acceptors (Lipinski definition) is 4. The van der Waals surface area contributed by atoms with Crippen molar-refractivity contribution < 1.29 is 18.0 Å². The standard InChI is InChI=1S/C31H35Cl2N3O4S/c1-3-27(31(38)34-24-10-7-8-11-24)35(20-23-18-16-22(2)17-19-23)29(37)21-36(28-15-9-14-26(32)30(28)33)41(39,40)25-12-5-4-6-13-25/h4-6,9,12-19,24,27H,3,7-8,10-11,20-21H2,1-2H3,(H,34,38). The van der Waals surface area contributed by atoms with E-state index in [1.807, 2.05) is 38.1 Å². The third-order valence-corrected chi connectivity index (χ3v) is 9.95. The average Bonchev–Trinajstić information content (AvgIpc) is 3.47. The molecule has 218 valence electrons. The predicted molar refractivity (Wildman–Crippen MR) is 164 cm³/mol. The molecule has 1 atom stereocenters. The molecule has 0 aliphatic heterocycles. The first-order valence-corrected chi connectivity index (χ1v) is 16.0. The van der Waals surface area contributed by atoms with Crippen molar-refractivity contribution in [1.82, 2.24) is 10.2 Å². The summed E-state index contributed by atoms with van der Waals surface area (Å²) in [5.74, 6) is -0.771.